The summed E-state index contributed by atoms with van der Waals surface area (Å²) in [5.74, 6) is 0. The number of rotatable bonds is 1. The molecule has 10 rings (SSSR count). The third kappa shape index (κ3) is 2.45. The van der Waals surface area contributed by atoms with E-state index in [0.29, 0.717) is 0 Å². The van der Waals surface area contributed by atoms with E-state index in [2.05, 4.69) is 136 Å². The highest BCUT2D eigenvalue weighted by Crippen LogP contribution is 2.48. The van der Waals surface area contributed by atoms with Crippen LogP contribution < -0.4 is 5.32 Å². The average Bonchev–Trinajstić information content (AvgIpc) is 3.64. The second-order valence-corrected chi connectivity index (χ2v) is 10.9. The van der Waals surface area contributed by atoms with E-state index in [0.717, 1.165) is 17.1 Å². The molecule has 0 amide bonds. The zero-order valence-electron chi connectivity index (χ0n) is 21.5. The van der Waals surface area contributed by atoms with E-state index in [1.54, 1.807) is 0 Å². The van der Waals surface area contributed by atoms with Crippen LogP contribution in [0.25, 0.3) is 60.1 Å². The number of hydrogen-bond donors (Lipinski definition) is 1. The Morgan fingerprint density at radius 1 is 0.600 bits per heavy atom. The quantitative estimate of drug-likeness (QED) is 0.235. The highest BCUT2D eigenvalue weighted by Gasteiger charge is 2.36. The van der Waals surface area contributed by atoms with Crippen LogP contribution >= 0.6 is 0 Å². The van der Waals surface area contributed by atoms with Gasteiger partial charge in [-0.2, -0.15) is 0 Å². The Labute approximate surface area is 229 Å². The number of fused-ring (bicyclic) bond motifs is 12. The van der Waals surface area contributed by atoms with Gasteiger partial charge < -0.3 is 14.5 Å². The number of anilines is 1. The molecular weight excluding hydrogens is 488 g/mol. The Balaban J connectivity index is 1.37. The number of aromatic nitrogens is 2. The molecule has 1 unspecified atom stereocenters. The molecule has 4 heteroatoms. The molecule has 4 nitrogen and oxygen atoms in total. The van der Waals surface area contributed by atoms with Crippen LogP contribution in [0.15, 0.2) is 126 Å². The van der Waals surface area contributed by atoms with Gasteiger partial charge in [0.15, 0.2) is 0 Å². The minimum absolute atomic E-state index is 0.0387. The largest absolute Gasteiger partial charge is 0.358 e. The predicted octanol–water partition coefficient (Wildman–Crippen LogP) is 9.10. The fraction of sp³-hybridized carbons (Fsp3) is 0.0278. The first-order chi connectivity index (χ1) is 19.8. The van der Waals surface area contributed by atoms with Crippen LogP contribution in [0.3, 0.4) is 0 Å². The fourth-order valence-electron chi connectivity index (χ4n) is 7.19. The molecule has 8 aromatic rings. The van der Waals surface area contributed by atoms with Gasteiger partial charge in [-0.15, -0.1) is 0 Å². The van der Waals surface area contributed by atoms with E-state index in [1.807, 2.05) is 0 Å². The van der Waals surface area contributed by atoms with Gasteiger partial charge in [-0.25, -0.2) is 4.99 Å². The van der Waals surface area contributed by atoms with E-state index in [9.17, 15) is 0 Å². The van der Waals surface area contributed by atoms with Gasteiger partial charge in [-0.1, -0.05) is 84.9 Å². The normalized spacial score (nSPS) is 15.6. The molecule has 186 valence electrons. The summed E-state index contributed by atoms with van der Waals surface area (Å²) in [5.41, 5.74) is 10.5. The minimum atomic E-state index is -0.0387. The lowest BCUT2D eigenvalue weighted by atomic mass is 10.0. The summed E-state index contributed by atoms with van der Waals surface area (Å²) in [7, 11) is 0. The zero-order chi connectivity index (χ0) is 25.9. The number of benzene rings is 6. The van der Waals surface area contributed by atoms with Crippen LogP contribution in [0.1, 0.15) is 11.7 Å². The molecule has 4 heterocycles. The molecule has 2 aromatic heterocycles. The molecule has 40 heavy (non-hydrogen) atoms. The summed E-state index contributed by atoms with van der Waals surface area (Å²) in [6, 6.07) is 43.9. The van der Waals surface area contributed by atoms with Crippen molar-refractivity contribution in [2.75, 3.05) is 5.32 Å². The third-order valence-electron chi connectivity index (χ3n) is 8.84. The number of nitrogens with zero attached hydrogens (tertiary/aromatic N) is 3. The number of nitrogens with one attached hydrogen (secondary N) is 1. The summed E-state index contributed by atoms with van der Waals surface area (Å²) in [6.45, 7) is 0. The summed E-state index contributed by atoms with van der Waals surface area (Å²) in [5, 5.41) is 11.4. The van der Waals surface area contributed by atoms with Crippen LogP contribution in [0.5, 0.6) is 0 Å². The Morgan fingerprint density at radius 2 is 1.43 bits per heavy atom. The van der Waals surface area contributed by atoms with E-state index >= 15 is 0 Å². The molecule has 1 atom stereocenters. The second kappa shape index (κ2) is 7.19. The topological polar surface area (TPSA) is 34.2 Å². The molecule has 6 aromatic carbocycles. The lowest BCUT2D eigenvalue weighted by Crippen LogP contribution is -2.24. The highest BCUT2D eigenvalue weighted by atomic mass is 15.2. The first kappa shape index (κ1) is 20.6. The SMILES string of the molecule is c1ccc2c(c1)N=C1c3cccc4c5c6c(ccc5n(c34)C1N2)c1ccccc1n6-c1ccc2ccccc2c1. The van der Waals surface area contributed by atoms with Crippen molar-refractivity contribution < 1.29 is 0 Å². The Kier molecular flexibility index (Phi) is 3.70. The van der Waals surface area contributed by atoms with E-state index in [1.165, 1.54) is 65.6 Å². The van der Waals surface area contributed by atoms with Crippen molar-refractivity contribution in [3.8, 4) is 5.69 Å². The molecule has 0 fully saturated rings. The zero-order valence-corrected chi connectivity index (χ0v) is 21.5. The predicted molar refractivity (Wildman–Crippen MR) is 167 cm³/mol. The van der Waals surface area contributed by atoms with Gasteiger partial charge in [0.1, 0.15) is 6.17 Å². The summed E-state index contributed by atoms with van der Waals surface area (Å²) in [6.07, 6.45) is -0.0387. The Morgan fingerprint density at radius 3 is 2.40 bits per heavy atom. The van der Waals surface area contributed by atoms with Crippen molar-refractivity contribution >= 4 is 71.5 Å². The maximum absolute atomic E-state index is 5.15. The molecule has 2 aliphatic heterocycles. The van der Waals surface area contributed by atoms with Crippen molar-refractivity contribution in [2.24, 2.45) is 4.99 Å². The lowest BCUT2D eigenvalue weighted by molar-refractivity contribution is 0.779. The Bertz CT molecular complexity index is 2420. The first-order valence-electron chi connectivity index (χ1n) is 13.8. The Hall–Kier alpha value is -5.35. The molecule has 0 spiro atoms. The van der Waals surface area contributed by atoms with Crippen molar-refractivity contribution in [1.29, 1.82) is 0 Å². The molecule has 0 saturated heterocycles. The standard InChI is InChI=1S/C36H22N4/c1-2-9-22-20-23(17-16-21(22)8-1)39-30-15-6-3-10-24(30)25-18-19-31-32(35(25)39)26-11-7-12-27-33-36(40(31)34(26)27)38-29-14-5-4-13-28(29)37-33/h1-20,36,38H. The van der Waals surface area contributed by atoms with Crippen LogP contribution in [0, 0.1) is 0 Å². The first-order valence-corrected chi connectivity index (χ1v) is 13.8. The maximum Gasteiger partial charge on any atom is 0.148 e. The molecule has 0 bridgehead atoms. The summed E-state index contributed by atoms with van der Waals surface area (Å²) < 4.78 is 4.94. The van der Waals surface area contributed by atoms with Gasteiger partial charge in [-0.3, -0.25) is 0 Å². The third-order valence-corrected chi connectivity index (χ3v) is 8.84. The van der Waals surface area contributed by atoms with Gasteiger partial charge in [0.05, 0.1) is 39.2 Å². The fourth-order valence-corrected chi connectivity index (χ4v) is 7.19. The molecule has 0 radical (unpaired) electrons. The van der Waals surface area contributed by atoms with E-state index < -0.39 is 0 Å². The average molecular weight is 511 g/mol. The van der Waals surface area contributed by atoms with Crippen molar-refractivity contribution in [1.82, 2.24) is 9.13 Å². The second-order valence-electron chi connectivity index (χ2n) is 10.9. The van der Waals surface area contributed by atoms with E-state index in [4.69, 9.17) is 4.99 Å². The maximum atomic E-state index is 5.15. The van der Waals surface area contributed by atoms with Crippen LogP contribution in [0.4, 0.5) is 11.4 Å². The monoisotopic (exact) mass is 510 g/mol. The van der Waals surface area contributed by atoms with Gasteiger partial charge in [0.2, 0.25) is 0 Å². The number of aliphatic imine (C=N–C) groups is 1. The minimum Gasteiger partial charge on any atom is -0.358 e. The molecule has 2 aliphatic rings. The molecule has 0 aliphatic carbocycles. The molecule has 0 saturated carbocycles. The van der Waals surface area contributed by atoms with Gasteiger partial charge in [-0.05, 0) is 47.2 Å². The van der Waals surface area contributed by atoms with Crippen LogP contribution in [-0.4, -0.2) is 14.8 Å². The number of hydrogen-bond acceptors (Lipinski definition) is 2. The summed E-state index contributed by atoms with van der Waals surface area (Å²) >= 11 is 0. The molecular formula is C36H22N4. The van der Waals surface area contributed by atoms with Crippen molar-refractivity contribution in [3.05, 3.63) is 127 Å². The van der Waals surface area contributed by atoms with Crippen molar-refractivity contribution in [2.45, 2.75) is 6.17 Å². The lowest BCUT2D eigenvalue weighted by Gasteiger charge is -2.25. The summed E-state index contributed by atoms with van der Waals surface area (Å²) in [4.78, 5) is 5.15. The number of para-hydroxylation sites is 4. The van der Waals surface area contributed by atoms with E-state index in [-0.39, 0.29) is 6.17 Å². The smallest absolute Gasteiger partial charge is 0.148 e. The van der Waals surface area contributed by atoms with Crippen LogP contribution in [0.2, 0.25) is 0 Å². The van der Waals surface area contributed by atoms with Gasteiger partial charge in [0, 0.05) is 32.8 Å². The highest BCUT2D eigenvalue weighted by molar-refractivity contribution is 6.31. The van der Waals surface area contributed by atoms with Crippen molar-refractivity contribution in [3.63, 3.8) is 0 Å². The van der Waals surface area contributed by atoms with Gasteiger partial charge >= 0.3 is 0 Å². The van der Waals surface area contributed by atoms with Gasteiger partial charge in [0.25, 0.3) is 0 Å². The van der Waals surface area contributed by atoms with Crippen LogP contribution in [-0.2, 0) is 0 Å². The molecule has 1 N–H and O–H groups in total.